The molecule has 0 amide bonds. The highest BCUT2D eigenvalue weighted by Gasteiger charge is 2.30. The van der Waals surface area contributed by atoms with Gasteiger partial charge in [-0.05, 0) is 18.1 Å². The minimum atomic E-state index is -1.52. The zero-order valence-corrected chi connectivity index (χ0v) is 13.4. The number of aryl methyl sites for hydroxylation is 1. The summed E-state index contributed by atoms with van der Waals surface area (Å²) in [7, 11) is 0. The Balaban J connectivity index is 3.30. The summed E-state index contributed by atoms with van der Waals surface area (Å²) in [5, 5.41) is 0. The maximum absolute atomic E-state index is 5.92. The number of benzene rings is 1. The van der Waals surface area contributed by atoms with E-state index in [0.717, 1.165) is 18.4 Å². The Kier molecular flexibility index (Phi) is 5.60. The van der Waals surface area contributed by atoms with E-state index in [1.54, 1.807) is 12.1 Å². The van der Waals surface area contributed by atoms with Crippen LogP contribution in [0.1, 0.15) is 30.0 Å². The van der Waals surface area contributed by atoms with Gasteiger partial charge in [-0.3, -0.25) is 0 Å². The second-order valence-corrected chi connectivity index (χ2v) is 8.18. The van der Waals surface area contributed by atoms with Crippen LogP contribution in [-0.4, -0.2) is 0 Å². The highest BCUT2D eigenvalue weighted by atomic mass is 35.6. The van der Waals surface area contributed by atoms with E-state index in [2.05, 4.69) is 0 Å². The third-order valence-corrected chi connectivity index (χ3v) is 3.53. The molecular weight excluding hydrogens is 345 g/mol. The van der Waals surface area contributed by atoms with Crippen molar-refractivity contribution in [2.45, 2.75) is 27.4 Å². The van der Waals surface area contributed by atoms with Crippen LogP contribution in [0.25, 0.3) is 0 Å². The highest BCUT2D eigenvalue weighted by Crippen LogP contribution is 2.44. The van der Waals surface area contributed by atoms with Crippen LogP contribution in [0.15, 0.2) is 18.2 Å². The molecule has 0 bridgehead atoms. The minimum absolute atomic E-state index is 0.490. The number of alkyl halides is 6. The fourth-order valence-electron chi connectivity index (χ4n) is 1.50. The van der Waals surface area contributed by atoms with Crippen molar-refractivity contribution in [3.05, 3.63) is 34.9 Å². The molecule has 0 aliphatic rings. The lowest BCUT2D eigenvalue weighted by molar-refractivity contribution is 0.901. The van der Waals surface area contributed by atoms with Crippen molar-refractivity contribution in [3.8, 4) is 0 Å². The van der Waals surface area contributed by atoms with E-state index in [4.69, 9.17) is 69.6 Å². The van der Waals surface area contributed by atoms with Gasteiger partial charge in [0.15, 0.2) is 0 Å². The van der Waals surface area contributed by atoms with Crippen LogP contribution >= 0.6 is 69.6 Å². The van der Waals surface area contributed by atoms with E-state index in [1.165, 1.54) is 0 Å². The van der Waals surface area contributed by atoms with Crippen molar-refractivity contribution in [2.24, 2.45) is 0 Å². The Morgan fingerprint density at radius 3 is 1.94 bits per heavy atom. The van der Waals surface area contributed by atoms with Gasteiger partial charge >= 0.3 is 0 Å². The zero-order chi connectivity index (χ0) is 13.3. The quantitative estimate of drug-likeness (QED) is 0.547. The normalized spacial score (nSPS) is 12.9. The van der Waals surface area contributed by atoms with Gasteiger partial charge in [0.05, 0.1) is 0 Å². The smallest absolute Gasteiger partial charge is 0.0784 e. The van der Waals surface area contributed by atoms with E-state index in [-0.39, 0.29) is 0 Å². The Morgan fingerprint density at radius 2 is 1.53 bits per heavy atom. The molecule has 96 valence electrons. The fourth-order valence-corrected chi connectivity index (χ4v) is 2.38. The first kappa shape index (κ1) is 16.0. The largest absolute Gasteiger partial charge is 0.216 e. The summed E-state index contributed by atoms with van der Waals surface area (Å²) in [6, 6.07) is 5.20. The molecule has 1 aromatic carbocycles. The van der Waals surface area contributed by atoms with E-state index in [1.807, 2.05) is 13.0 Å². The molecule has 17 heavy (non-hydrogen) atoms. The van der Waals surface area contributed by atoms with Gasteiger partial charge in [0.25, 0.3) is 0 Å². The SMILES string of the molecule is CCCc1ccc(C(Cl)(Cl)Cl)cc1C(Cl)(Cl)Cl. The lowest BCUT2D eigenvalue weighted by Gasteiger charge is -2.20. The lowest BCUT2D eigenvalue weighted by Crippen LogP contribution is -2.09. The van der Waals surface area contributed by atoms with Crippen LogP contribution in [0.3, 0.4) is 0 Å². The fraction of sp³-hybridized carbons (Fsp3) is 0.455. The topological polar surface area (TPSA) is 0 Å². The standard InChI is InChI=1S/C11H10Cl6/c1-2-3-7-4-5-8(10(12,13)14)6-9(7)11(15,16)17/h4-6H,2-3H2,1H3. The van der Waals surface area contributed by atoms with E-state index < -0.39 is 7.59 Å². The molecule has 0 nitrogen and oxygen atoms in total. The number of halogens is 6. The van der Waals surface area contributed by atoms with Crippen LogP contribution < -0.4 is 0 Å². The number of hydrogen-bond acceptors (Lipinski definition) is 0. The maximum Gasteiger partial charge on any atom is 0.216 e. The molecule has 1 rings (SSSR count). The predicted molar refractivity (Wildman–Crippen MR) is 78.9 cm³/mol. The maximum atomic E-state index is 5.92. The second kappa shape index (κ2) is 5.94. The molecule has 1 aromatic rings. The van der Waals surface area contributed by atoms with Crippen molar-refractivity contribution in [3.63, 3.8) is 0 Å². The average molecular weight is 355 g/mol. The van der Waals surface area contributed by atoms with Crippen LogP contribution in [0.4, 0.5) is 0 Å². The van der Waals surface area contributed by atoms with Crippen LogP contribution in [0.2, 0.25) is 0 Å². The molecule has 0 N–H and O–H groups in total. The van der Waals surface area contributed by atoms with E-state index in [9.17, 15) is 0 Å². The number of hydrogen-bond donors (Lipinski definition) is 0. The first-order chi connectivity index (χ1) is 7.66. The summed E-state index contributed by atoms with van der Waals surface area (Å²) in [5.74, 6) is 0. The molecule has 0 atom stereocenters. The van der Waals surface area contributed by atoms with Gasteiger partial charge in [0, 0.05) is 11.1 Å². The Morgan fingerprint density at radius 1 is 0.941 bits per heavy atom. The molecule has 0 aliphatic carbocycles. The zero-order valence-electron chi connectivity index (χ0n) is 8.91. The van der Waals surface area contributed by atoms with Gasteiger partial charge in [-0.15, -0.1) is 0 Å². The molecule has 0 fully saturated rings. The molecule has 0 aliphatic heterocycles. The first-order valence-corrected chi connectivity index (χ1v) is 7.20. The van der Waals surface area contributed by atoms with Crippen LogP contribution in [0.5, 0.6) is 0 Å². The Hall–Kier alpha value is 0.960. The minimum Gasteiger partial charge on any atom is -0.0784 e. The van der Waals surface area contributed by atoms with Gasteiger partial charge in [-0.1, -0.05) is 95.1 Å². The molecule has 0 radical (unpaired) electrons. The average Bonchev–Trinajstić information content (AvgIpc) is 2.15. The first-order valence-electron chi connectivity index (χ1n) is 4.93. The molecular formula is C11H10Cl6. The highest BCUT2D eigenvalue weighted by molar-refractivity contribution is 6.67. The van der Waals surface area contributed by atoms with Crippen molar-refractivity contribution in [1.29, 1.82) is 0 Å². The number of rotatable bonds is 2. The van der Waals surface area contributed by atoms with Crippen LogP contribution in [-0.2, 0) is 14.0 Å². The summed E-state index contributed by atoms with van der Waals surface area (Å²) in [6.45, 7) is 2.05. The summed E-state index contributed by atoms with van der Waals surface area (Å²) in [4.78, 5) is 0. The van der Waals surface area contributed by atoms with Gasteiger partial charge in [-0.2, -0.15) is 0 Å². The molecule has 0 saturated carbocycles. The van der Waals surface area contributed by atoms with E-state index in [0.29, 0.717) is 11.1 Å². The van der Waals surface area contributed by atoms with Crippen LogP contribution in [0, 0.1) is 0 Å². The molecule has 0 aromatic heterocycles. The summed E-state index contributed by atoms with van der Waals surface area (Å²) < 4.78 is -3.04. The van der Waals surface area contributed by atoms with Gasteiger partial charge in [-0.25, -0.2) is 0 Å². The molecule has 0 unspecified atom stereocenters. The van der Waals surface area contributed by atoms with Gasteiger partial charge < -0.3 is 0 Å². The van der Waals surface area contributed by atoms with Crippen molar-refractivity contribution in [2.75, 3.05) is 0 Å². The lowest BCUT2D eigenvalue weighted by atomic mass is 10.0. The predicted octanol–water partition coefficient (Wildman–Crippen LogP) is 6.29. The molecule has 0 heterocycles. The van der Waals surface area contributed by atoms with Crippen molar-refractivity contribution in [1.82, 2.24) is 0 Å². The summed E-state index contributed by atoms with van der Waals surface area (Å²) in [6.07, 6.45) is 1.75. The third kappa shape index (κ3) is 4.53. The Bertz CT molecular complexity index is 388. The Labute approximate surface area is 131 Å². The summed E-state index contributed by atoms with van der Waals surface area (Å²) >= 11 is 35.2. The van der Waals surface area contributed by atoms with Crippen molar-refractivity contribution >= 4 is 69.6 Å². The molecule has 6 heteroatoms. The van der Waals surface area contributed by atoms with Crippen molar-refractivity contribution < 1.29 is 0 Å². The molecule has 0 saturated heterocycles. The second-order valence-electron chi connectivity index (χ2n) is 3.62. The molecule has 0 spiro atoms. The summed E-state index contributed by atoms with van der Waals surface area (Å²) in [5.41, 5.74) is 2.00. The van der Waals surface area contributed by atoms with Gasteiger partial charge in [0.1, 0.15) is 0 Å². The van der Waals surface area contributed by atoms with E-state index >= 15 is 0 Å². The third-order valence-electron chi connectivity index (χ3n) is 2.26. The monoisotopic (exact) mass is 352 g/mol. The van der Waals surface area contributed by atoms with Gasteiger partial charge in [0.2, 0.25) is 7.59 Å².